The van der Waals surface area contributed by atoms with Gasteiger partial charge in [-0.2, -0.15) is 0 Å². The van der Waals surface area contributed by atoms with E-state index in [0.717, 1.165) is 28.2 Å². The second kappa shape index (κ2) is 10.0. The van der Waals surface area contributed by atoms with Crippen LogP contribution < -0.4 is 19.5 Å². The van der Waals surface area contributed by atoms with E-state index in [1.807, 2.05) is 66.7 Å². The highest BCUT2D eigenvalue weighted by Gasteiger charge is 2.11. The lowest BCUT2D eigenvalue weighted by Gasteiger charge is -2.16. The van der Waals surface area contributed by atoms with E-state index in [2.05, 4.69) is 5.32 Å². The molecule has 0 saturated carbocycles. The standard InChI is InChI=1S/C23H24ClNO3/c1-26-21-11-4-3-8-18(21)14-25-15-19-9-6-12-22(27-2)23(19)28-16-17-7-5-10-20(24)13-17/h3-13,25H,14-16H2,1-2H3. The van der Waals surface area contributed by atoms with Gasteiger partial charge >= 0.3 is 0 Å². The van der Waals surface area contributed by atoms with Gasteiger partial charge in [0.05, 0.1) is 14.2 Å². The zero-order chi connectivity index (χ0) is 19.8. The summed E-state index contributed by atoms with van der Waals surface area (Å²) in [6.45, 7) is 1.75. The summed E-state index contributed by atoms with van der Waals surface area (Å²) < 4.78 is 17.0. The number of methoxy groups -OCH3 is 2. The van der Waals surface area contributed by atoms with Gasteiger partial charge in [-0.1, -0.05) is 54.1 Å². The van der Waals surface area contributed by atoms with Gasteiger partial charge in [0.15, 0.2) is 11.5 Å². The van der Waals surface area contributed by atoms with Crippen LogP contribution >= 0.6 is 11.6 Å². The molecular formula is C23H24ClNO3. The monoisotopic (exact) mass is 397 g/mol. The first-order chi connectivity index (χ1) is 13.7. The van der Waals surface area contributed by atoms with Gasteiger partial charge in [0.1, 0.15) is 12.4 Å². The highest BCUT2D eigenvalue weighted by atomic mass is 35.5. The highest BCUT2D eigenvalue weighted by Crippen LogP contribution is 2.32. The summed E-state index contributed by atoms with van der Waals surface area (Å²) >= 11 is 6.07. The van der Waals surface area contributed by atoms with Crippen LogP contribution in [0.5, 0.6) is 17.2 Å². The van der Waals surface area contributed by atoms with Crippen LogP contribution in [0.25, 0.3) is 0 Å². The predicted molar refractivity (Wildman–Crippen MR) is 112 cm³/mol. The Kier molecular flexibility index (Phi) is 7.18. The number of ether oxygens (including phenoxy) is 3. The molecule has 0 aliphatic rings. The van der Waals surface area contributed by atoms with Crippen molar-refractivity contribution in [1.82, 2.24) is 5.32 Å². The molecule has 1 N–H and O–H groups in total. The summed E-state index contributed by atoms with van der Waals surface area (Å²) in [5.74, 6) is 2.31. The summed E-state index contributed by atoms with van der Waals surface area (Å²) in [5.41, 5.74) is 3.14. The molecule has 0 aliphatic heterocycles. The number of nitrogens with one attached hydrogen (secondary N) is 1. The van der Waals surface area contributed by atoms with E-state index in [9.17, 15) is 0 Å². The molecule has 5 heteroatoms. The fourth-order valence-corrected chi connectivity index (χ4v) is 3.20. The highest BCUT2D eigenvalue weighted by molar-refractivity contribution is 6.30. The van der Waals surface area contributed by atoms with Crippen molar-refractivity contribution < 1.29 is 14.2 Å². The number of hydrogen-bond donors (Lipinski definition) is 1. The smallest absolute Gasteiger partial charge is 0.166 e. The third-order valence-electron chi connectivity index (χ3n) is 4.38. The largest absolute Gasteiger partial charge is 0.496 e. The Bertz CT molecular complexity index is 914. The molecular weight excluding hydrogens is 374 g/mol. The van der Waals surface area contributed by atoms with Gasteiger partial charge in [-0.05, 0) is 29.8 Å². The maximum Gasteiger partial charge on any atom is 0.166 e. The van der Waals surface area contributed by atoms with Crippen LogP contribution in [0.4, 0.5) is 0 Å². The normalized spacial score (nSPS) is 10.5. The topological polar surface area (TPSA) is 39.7 Å². The SMILES string of the molecule is COc1ccccc1CNCc1cccc(OC)c1OCc1cccc(Cl)c1. The average Bonchev–Trinajstić information content (AvgIpc) is 2.73. The van der Waals surface area contributed by atoms with Crippen LogP contribution in [-0.2, 0) is 19.7 Å². The fraction of sp³-hybridized carbons (Fsp3) is 0.217. The molecule has 0 saturated heterocycles. The molecule has 0 atom stereocenters. The van der Waals surface area contributed by atoms with Gasteiger partial charge in [0.25, 0.3) is 0 Å². The van der Waals surface area contributed by atoms with E-state index in [1.165, 1.54) is 0 Å². The zero-order valence-electron chi connectivity index (χ0n) is 16.1. The predicted octanol–water partition coefficient (Wildman–Crippen LogP) is 5.23. The third kappa shape index (κ3) is 5.18. The quantitative estimate of drug-likeness (QED) is 0.537. The molecule has 0 spiro atoms. The molecule has 0 amide bonds. The molecule has 0 bridgehead atoms. The Morgan fingerprint density at radius 3 is 2.25 bits per heavy atom. The van der Waals surface area contributed by atoms with Crippen LogP contribution in [0.2, 0.25) is 5.02 Å². The average molecular weight is 398 g/mol. The Morgan fingerprint density at radius 1 is 0.786 bits per heavy atom. The van der Waals surface area contributed by atoms with E-state index in [1.54, 1.807) is 14.2 Å². The molecule has 4 nitrogen and oxygen atoms in total. The molecule has 28 heavy (non-hydrogen) atoms. The summed E-state index contributed by atoms with van der Waals surface area (Å²) in [6, 6.07) is 21.5. The molecule has 0 unspecified atom stereocenters. The molecule has 0 aromatic heterocycles. The molecule has 3 aromatic carbocycles. The summed E-state index contributed by atoms with van der Waals surface area (Å²) in [4.78, 5) is 0. The van der Waals surface area contributed by atoms with Crippen molar-refractivity contribution in [2.45, 2.75) is 19.7 Å². The van der Waals surface area contributed by atoms with Crippen molar-refractivity contribution in [2.24, 2.45) is 0 Å². The van der Waals surface area contributed by atoms with E-state index in [4.69, 9.17) is 25.8 Å². The first-order valence-electron chi connectivity index (χ1n) is 9.07. The Hall–Kier alpha value is -2.69. The number of rotatable bonds is 9. The van der Waals surface area contributed by atoms with Gasteiger partial charge in [-0.15, -0.1) is 0 Å². The third-order valence-corrected chi connectivity index (χ3v) is 4.61. The second-order valence-corrected chi connectivity index (χ2v) is 6.72. The summed E-state index contributed by atoms with van der Waals surface area (Å²) in [7, 11) is 3.33. The lowest BCUT2D eigenvalue weighted by molar-refractivity contribution is 0.280. The number of hydrogen-bond acceptors (Lipinski definition) is 4. The molecule has 0 aliphatic carbocycles. The molecule has 146 valence electrons. The van der Waals surface area contributed by atoms with Crippen LogP contribution in [0.1, 0.15) is 16.7 Å². The van der Waals surface area contributed by atoms with E-state index >= 15 is 0 Å². The minimum atomic E-state index is 0.417. The van der Waals surface area contributed by atoms with Gasteiger partial charge in [0, 0.05) is 29.2 Å². The second-order valence-electron chi connectivity index (χ2n) is 6.28. The van der Waals surface area contributed by atoms with E-state index < -0.39 is 0 Å². The van der Waals surface area contributed by atoms with Gasteiger partial charge < -0.3 is 19.5 Å². The van der Waals surface area contributed by atoms with Crippen LogP contribution in [-0.4, -0.2) is 14.2 Å². The lowest BCUT2D eigenvalue weighted by atomic mass is 10.1. The Morgan fingerprint density at radius 2 is 1.46 bits per heavy atom. The first-order valence-corrected chi connectivity index (χ1v) is 9.44. The minimum Gasteiger partial charge on any atom is -0.496 e. The van der Waals surface area contributed by atoms with Crippen molar-refractivity contribution in [3.8, 4) is 17.2 Å². The van der Waals surface area contributed by atoms with Gasteiger partial charge in [-0.25, -0.2) is 0 Å². The molecule has 3 aromatic rings. The first kappa shape index (κ1) is 20.1. The number of halogens is 1. The molecule has 3 rings (SSSR count). The van der Waals surface area contributed by atoms with Crippen molar-refractivity contribution in [1.29, 1.82) is 0 Å². The van der Waals surface area contributed by atoms with Gasteiger partial charge in [0.2, 0.25) is 0 Å². The fourth-order valence-electron chi connectivity index (χ4n) is 2.99. The maximum atomic E-state index is 6.10. The Balaban J connectivity index is 1.70. The number of para-hydroxylation sites is 2. The van der Waals surface area contributed by atoms with Crippen molar-refractivity contribution >= 4 is 11.6 Å². The maximum absolute atomic E-state index is 6.10. The van der Waals surface area contributed by atoms with Crippen molar-refractivity contribution in [3.05, 3.63) is 88.4 Å². The van der Waals surface area contributed by atoms with Gasteiger partial charge in [-0.3, -0.25) is 0 Å². The zero-order valence-corrected chi connectivity index (χ0v) is 16.8. The van der Waals surface area contributed by atoms with Crippen LogP contribution in [0.3, 0.4) is 0 Å². The summed E-state index contributed by atoms with van der Waals surface area (Å²) in [5, 5.41) is 4.15. The Labute approximate surface area is 171 Å². The van der Waals surface area contributed by atoms with Crippen LogP contribution in [0.15, 0.2) is 66.7 Å². The van der Waals surface area contributed by atoms with E-state index in [0.29, 0.717) is 30.5 Å². The van der Waals surface area contributed by atoms with Crippen molar-refractivity contribution in [2.75, 3.05) is 14.2 Å². The van der Waals surface area contributed by atoms with Crippen molar-refractivity contribution in [3.63, 3.8) is 0 Å². The lowest BCUT2D eigenvalue weighted by Crippen LogP contribution is -2.14. The minimum absolute atomic E-state index is 0.417. The van der Waals surface area contributed by atoms with Crippen LogP contribution in [0, 0.1) is 0 Å². The number of benzene rings is 3. The van der Waals surface area contributed by atoms with E-state index in [-0.39, 0.29) is 0 Å². The molecule has 0 heterocycles. The molecule has 0 fully saturated rings. The molecule has 0 radical (unpaired) electrons. The summed E-state index contributed by atoms with van der Waals surface area (Å²) in [6.07, 6.45) is 0.